The van der Waals surface area contributed by atoms with E-state index >= 15 is 0 Å². The minimum Gasteiger partial charge on any atom is -0.444 e. The highest BCUT2D eigenvalue weighted by atomic mass is 16.6. The average molecular weight is 511 g/mol. The van der Waals surface area contributed by atoms with Gasteiger partial charge in [0.15, 0.2) is 0 Å². The van der Waals surface area contributed by atoms with E-state index in [0.717, 1.165) is 0 Å². The molecule has 2 saturated heterocycles. The van der Waals surface area contributed by atoms with E-state index in [1.54, 1.807) is 41.5 Å². The van der Waals surface area contributed by atoms with Gasteiger partial charge in [-0.15, -0.1) is 0 Å². The van der Waals surface area contributed by atoms with Gasteiger partial charge in [-0.1, -0.05) is 0 Å². The molecule has 204 valence electrons. The number of Topliss-reactive ketones (excluding diaryl/α,β-unsaturated/α-hetero) is 4. The Hall–Kier alpha value is -2.78. The van der Waals surface area contributed by atoms with Crippen LogP contribution in [-0.2, 0) is 28.7 Å². The van der Waals surface area contributed by atoms with Crippen molar-refractivity contribution in [1.29, 1.82) is 0 Å². The van der Waals surface area contributed by atoms with E-state index in [4.69, 9.17) is 9.47 Å². The van der Waals surface area contributed by atoms with Crippen molar-refractivity contribution in [3.63, 3.8) is 0 Å². The number of hydrogen-bond acceptors (Lipinski definition) is 8. The Morgan fingerprint density at radius 1 is 0.500 bits per heavy atom. The maximum atomic E-state index is 11.9. The number of nitrogens with zero attached hydrogens (tertiary/aromatic N) is 2. The first kappa shape index (κ1) is 31.3. The topological polar surface area (TPSA) is 127 Å². The van der Waals surface area contributed by atoms with Crippen molar-refractivity contribution in [3.05, 3.63) is 0 Å². The zero-order valence-corrected chi connectivity index (χ0v) is 23.3. The molecule has 2 fully saturated rings. The van der Waals surface area contributed by atoms with Crippen molar-refractivity contribution in [2.24, 2.45) is 23.7 Å². The molecule has 0 radical (unpaired) electrons. The van der Waals surface area contributed by atoms with E-state index in [2.05, 4.69) is 0 Å². The Kier molecular flexibility index (Phi) is 10.4. The van der Waals surface area contributed by atoms with Crippen LogP contribution in [0.15, 0.2) is 0 Å². The Balaban J connectivity index is 0.000000360. The second-order valence-electron chi connectivity index (χ2n) is 11.6. The van der Waals surface area contributed by atoms with Crippen molar-refractivity contribution in [3.8, 4) is 0 Å². The molecule has 0 N–H and O–H groups in total. The van der Waals surface area contributed by atoms with Crippen LogP contribution in [0.2, 0.25) is 0 Å². The van der Waals surface area contributed by atoms with Crippen LogP contribution < -0.4 is 0 Å². The third-order valence-corrected chi connectivity index (χ3v) is 6.03. The summed E-state index contributed by atoms with van der Waals surface area (Å²) in [6.45, 7) is 17.6. The van der Waals surface area contributed by atoms with Gasteiger partial charge >= 0.3 is 12.2 Å². The number of ether oxygens (including phenoxy) is 2. The molecule has 0 aromatic heterocycles. The highest BCUT2D eigenvalue weighted by Gasteiger charge is 2.42. The second-order valence-corrected chi connectivity index (χ2v) is 11.6. The standard InChI is InChI=1S/2C13H21NO4/c2*1-8(15)10-6-14(7-11(10)9(2)16)12(17)18-13(3,4)5/h2*10-11H,6-7H2,1-5H3/t2*10-,11-/m10/s1. The van der Waals surface area contributed by atoms with Crippen LogP contribution in [-0.4, -0.2) is 82.5 Å². The van der Waals surface area contributed by atoms with Gasteiger partial charge in [0.2, 0.25) is 0 Å². The minimum absolute atomic E-state index is 0.0544. The van der Waals surface area contributed by atoms with Gasteiger partial charge in [0.05, 0.1) is 0 Å². The first-order chi connectivity index (χ1) is 16.2. The molecular formula is C26H42N2O8. The van der Waals surface area contributed by atoms with E-state index < -0.39 is 47.1 Å². The molecule has 0 aliphatic carbocycles. The molecular weight excluding hydrogens is 468 g/mol. The van der Waals surface area contributed by atoms with Gasteiger partial charge in [-0.25, -0.2) is 9.59 Å². The zero-order valence-electron chi connectivity index (χ0n) is 23.3. The SMILES string of the molecule is CC(=O)[C@@H]1CN(C(=O)OC(C)(C)C)C[C@H]1C(C)=O.CC(=O)[C@H]1CN(C(=O)OC(C)(C)C)C[C@@H]1C(C)=O. The highest BCUT2D eigenvalue weighted by Crippen LogP contribution is 2.27. The predicted octanol–water partition coefficient (Wildman–Crippen LogP) is 3.30. The molecule has 10 heteroatoms. The van der Waals surface area contributed by atoms with Crippen LogP contribution in [0, 0.1) is 23.7 Å². The third-order valence-electron chi connectivity index (χ3n) is 6.03. The van der Waals surface area contributed by atoms with Crippen molar-refractivity contribution < 1.29 is 38.2 Å². The van der Waals surface area contributed by atoms with Gasteiger partial charge in [0.25, 0.3) is 0 Å². The van der Waals surface area contributed by atoms with E-state index in [1.807, 2.05) is 0 Å². The van der Waals surface area contributed by atoms with E-state index in [-0.39, 0.29) is 49.3 Å². The number of rotatable bonds is 4. The first-order valence-electron chi connectivity index (χ1n) is 12.2. The van der Waals surface area contributed by atoms with Crippen LogP contribution in [0.5, 0.6) is 0 Å². The lowest BCUT2D eigenvalue weighted by Crippen LogP contribution is -2.36. The summed E-state index contributed by atoms with van der Waals surface area (Å²) in [7, 11) is 0. The molecule has 2 aliphatic rings. The van der Waals surface area contributed by atoms with Crippen molar-refractivity contribution in [1.82, 2.24) is 9.80 Å². The molecule has 2 aliphatic heterocycles. The van der Waals surface area contributed by atoms with Gasteiger partial charge in [-0.3, -0.25) is 19.2 Å². The molecule has 0 spiro atoms. The average Bonchev–Trinajstić information content (AvgIpc) is 3.31. The molecule has 2 rings (SSSR count). The molecule has 0 saturated carbocycles. The number of likely N-dealkylation sites (tertiary alicyclic amines) is 2. The number of ketones is 4. The zero-order chi connectivity index (χ0) is 28.2. The number of carbonyl (C=O) groups is 6. The summed E-state index contributed by atoms with van der Waals surface area (Å²) in [6.07, 6.45) is -0.921. The van der Waals surface area contributed by atoms with Gasteiger partial charge in [0.1, 0.15) is 34.3 Å². The van der Waals surface area contributed by atoms with Crippen LogP contribution in [0.4, 0.5) is 9.59 Å². The second kappa shape index (κ2) is 12.0. The van der Waals surface area contributed by atoms with E-state index in [1.165, 1.54) is 37.5 Å². The summed E-state index contributed by atoms with van der Waals surface area (Å²) in [5.74, 6) is -1.79. The van der Waals surface area contributed by atoms with Crippen LogP contribution >= 0.6 is 0 Å². The normalized spacial score (nSPS) is 23.9. The van der Waals surface area contributed by atoms with Gasteiger partial charge in [-0.05, 0) is 69.2 Å². The number of carbonyl (C=O) groups excluding carboxylic acids is 6. The lowest BCUT2D eigenvalue weighted by molar-refractivity contribution is -0.128. The van der Waals surface area contributed by atoms with Crippen molar-refractivity contribution in [2.45, 2.75) is 80.4 Å². The Morgan fingerprint density at radius 2 is 0.694 bits per heavy atom. The van der Waals surface area contributed by atoms with Crippen LogP contribution in [0.1, 0.15) is 69.2 Å². The fourth-order valence-electron chi connectivity index (χ4n) is 4.21. The quantitative estimate of drug-likeness (QED) is 0.564. The fraction of sp³-hybridized carbons (Fsp3) is 0.769. The van der Waals surface area contributed by atoms with Crippen molar-refractivity contribution in [2.75, 3.05) is 26.2 Å². The van der Waals surface area contributed by atoms with Crippen molar-refractivity contribution >= 4 is 35.3 Å². The number of hydrogen-bond donors (Lipinski definition) is 0. The lowest BCUT2D eigenvalue weighted by Gasteiger charge is -2.24. The fourth-order valence-corrected chi connectivity index (χ4v) is 4.21. The smallest absolute Gasteiger partial charge is 0.410 e. The summed E-state index contributed by atoms with van der Waals surface area (Å²) >= 11 is 0. The summed E-state index contributed by atoms with van der Waals surface area (Å²) in [4.78, 5) is 72.6. The summed E-state index contributed by atoms with van der Waals surface area (Å²) < 4.78 is 10.5. The Morgan fingerprint density at radius 3 is 0.833 bits per heavy atom. The molecule has 4 atom stereocenters. The molecule has 10 nitrogen and oxygen atoms in total. The predicted molar refractivity (Wildman–Crippen MR) is 132 cm³/mol. The lowest BCUT2D eigenvalue weighted by atomic mass is 9.90. The third kappa shape index (κ3) is 9.35. The molecule has 0 unspecified atom stereocenters. The summed E-state index contributed by atoms with van der Waals surface area (Å²) in [6, 6.07) is 0. The molecule has 0 aromatic rings. The Labute approximate surface area is 214 Å². The van der Waals surface area contributed by atoms with E-state index in [9.17, 15) is 28.8 Å². The molecule has 0 aromatic carbocycles. The maximum absolute atomic E-state index is 11.9. The van der Waals surface area contributed by atoms with Gasteiger partial charge in [0, 0.05) is 49.9 Å². The van der Waals surface area contributed by atoms with E-state index in [0.29, 0.717) is 0 Å². The molecule has 2 heterocycles. The Bertz CT molecular complexity index is 767. The van der Waals surface area contributed by atoms with Crippen LogP contribution in [0.25, 0.3) is 0 Å². The minimum atomic E-state index is -0.572. The summed E-state index contributed by atoms with van der Waals surface area (Å²) in [5, 5.41) is 0. The van der Waals surface area contributed by atoms with Gasteiger partial charge in [-0.2, -0.15) is 0 Å². The molecule has 36 heavy (non-hydrogen) atoms. The first-order valence-corrected chi connectivity index (χ1v) is 12.2. The van der Waals surface area contributed by atoms with Crippen LogP contribution in [0.3, 0.4) is 0 Å². The molecule has 2 amide bonds. The monoisotopic (exact) mass is 510 g/mol. The maximum Gasteiger partial charge on any atom is 0.410 e. The largest absolute Gasteiger partial charge is 0.444 e. The summed E-state index contributed by atoms with van der Waals surface area (Å²) in [5.41, 5.74) is -1.14. The molecule has 0 bridgehead atoms. The van der Waals surface area contributed by atoms with Gasteiger partial charge < -0.3 is 19.3 Å². The highest BCUT2D eigenvalue weighted by molar-refractivity contribution is 5.90. The number of amides is 2.